The van der Waals surface area contributed by atoms with Gasteiger partial charge in [-0.2, -0.15) is 0 Å². The molecule has 2 unspecified atom stereocenters. The van der Waals surface area contributed by atoms with Gasteiger partial charge in [-0.05, 0) is 42.4 Å². The van der Waals surface area contributed by atoms with Crippen molar-refractivity contribution in [2.24, 2.45) is 5.41 Å². The maximum atomic E-state index is 5.80. The molecular formula is C17H23BrO. The number of rotatable bonds is 2. The van der Waals surface area contributed by atoms with Crippen LogP contribution < -0.4 is 4.74 Å². The van der Waals surface area contributed by atoms with Crippen LogP contribution in [-0.2, 0) is 6.42 Å². The first-order valence-electron chi connectivity index (χ1n) is 7.52. The molecule has 0 bridgehead atoms. The van der Waals surface area contributed by atoms with E-state index in [1.165, 1.54) is 43.2 Å². The van der Waals surface area contributed by atoms with Crippen LogP contribution in [0.5, 0.6) is 5.75 Å². The van der Waals surface area contributed by atoms with Crippen molar-refractivity contribution in [2.75, 3.05) is 0 Å². The topological polar surface area (TPSA) is 9.23 Å². The molecule has 1 aromatic carbocycles. The summed E-state index contributed by atoms with van der Waals surface area (Å²) in [6.07, 6.45) is 8.24. The van der Waals surface area contributed by atoms with Gasteiger partial charge in [0.05, 0.1) is 0 Å². The molecule has 2 aliphatic rings. The van der Waals surface area contributed by atoms with Gasteiger partial charge in [0.2, 0.25) is 0 Å². The van der Waals surface area contributed by atoms with Gasteiger partial charge in [0.1, 0.15) is 11.9 Å². The highest BCUT2D eigenvalue weighted by molar-refractivity contribution is 9.09. The van der Waals surface area contributed by atoms with Crippen LogP contribution in [0.25, 0.3) is 0 Å². The van der Waals surface area contributed by atoms with Crippen molar-refractivity contribution < 1.29 is 4.74 Å². The van der Waals surface area contributed by atoms with Gasteiger partial charge in [-0.3, -0.25) is 0 Å². The fourth-order valence-electron chi connectivity index (χ4n) is 3.61. The van der Waals surface area contributed by atoms with Crippen molar-refractivity contribution in [1.29, 1.82) is 0 Å². The Balaban J connectivity index is 1.84. The lowest BCUT2D eigenvalue weighted by molar-refractivity contribution is 0.213. The second-order valence-corrected chi connectivity index (χ2v) is 7.49. The molecular weight excluding hydrogens is 300 g/mol. The number of hydrogen-bond donors (Lipinski definition) is 0. The highest BCUT2D eigenvalue weighted by atomic mass is 79.9. The van der Waals surface area contributed by atoms with E-state index in [9.17, 15) is 0 Å². The van der Waals surface area contributed by atoms with E-state index in [1.807, 2.05) is 0 Å². The average Bonchev–Trinajstić information content (AvgIpc) is 2.77. The van der Waals surface area contributed by atoms with Crippen LogP contribution in [0.2, 0.25) is 0 Å². The van der Waals surface area contributed by atoms with Gasteiger partial charge in [0.25, 0.3) is 0 Å². The third-order valence-corrected chi connectivity index (χ3v) is 6.45. The Hall–Kier alpha value is -0.500. The van der Waals surface area contributed by atoms with Crippen LogP contribution in [0.3, 0.4) is 0 Å². The molecule has 0 radical (unpaired) electrons. The first-order valence-corrected chi connectivity index (χ1v) is 8.44. The SMILES string of the molecule is CC1Cc2cc(C(Br)C3(C)CCCCC3)ccc2O1. The molecule has 0 N–H and O–H groups in total. The zero-order valence-corrected chi connectivity index (χ0v) is 13.5. The number of halogens is 1. The zero-order chi connectivity index (χ0) is 13.5. The Labute approximate surface area is 124 Å². The highest BCUT2D eigenvalue weighted by Crippen LogP contribution is 2.50. The van der Waals surface area contributed by atoms with E-state index in [-0.39, 0.29) is 0 Å². The third kappa shape index (κ3) is 2.56. The summed E-state index contributed by atoms with van der Waals surface area (Å²) in [6.45, 7) is 4.59. The van der Waals surface area contributed by atoms with Crippen LogP contribution in [0.15, 0.2) is 18.2 Å². The Bertz CT molecular complexity index is 462. The maximum absolute atomic E-state index is 5.80. The summed E-state index contributed by atoms with van der Waals surface area (Å²) >= 11 is 3.99. The van der Waals surface area contributed by atoms with Gasteiger partial charge in [-0.15, -0.1) is 0 Å². The van der Waals surface area contributed by atoms with Crippen molar-refractivity contribution >= 4 is 15.9 Å². The monoisotopic (exact) mass is 322 g/mol. The molecule has 1 aliphatic carbocycles. The summed E-state index contributed by atoms with van der Waals surface area (Å²) in [5.41, 5.74) is 3.23. The Kier molecular flexibility index (Phi) is 3.63. The van der Waals surface area contributed by atoms with Crippen LogP contribution in [-0.4, -0.2) is 6.10 Å². The molecule has 1 aromatic rings. The van der Waals surface area contributed by atoms with Crippen LogP contribution >= 0.6 is 15.9 Å². The largest absolute Gasteiger partial charge is 0.490 e. The Morgan fingerprint density at radius 3 is 2.74 bits per heavy atom. The second kappa shape index (κ2) is 5.12. The summed E-state index contributed by atoms with van der Waals surface area (Å²) in [6, 6.07) is 6.77. The normalized spacial score (nSPS) is 26.6. The van der Waals surface area contributed by atoms with Gasteiger partial charge >= 0.3 is 0 Å². The predicted molar refractivity (Wildman–Crippen MR) is 83.1 cm³/mol. The summed E-state index contributed by atoms with van der Waals surface area (Å²) in [5.74, 6) is 1.09. The van der Waals surface area contributed by atoms with E-state index in [4.69, 9.17) is 4.74 Å². The zero-order valence-electron chi connectivity index (χ0n) is 11.9. The van der Waals surface area contributed by atoms with Crippen molar-refractivity contribution in [3.05, 3.63) is 29.3 Å². The van der Waals surface area contributed by atoms with Gasteiger partial charge in [0, 0.05) is 11.2 Å². The minimum absolute atomic E-state index is 0.337. The van der Waals surface area contributed by atoms with Crippen molar-refractivity contribution in [1.82, 2.24) is 0 Å². The summed E-state index contributed by atoms with van der Waals surface area (Å²) in [7, 11) is 0. The fourth-order valence-corrected chi connectivity index (χ4v) is 4.36. The highest BCUT2D eigenvalue weighted by Gasteiger charge is 2.35. The Morgan fingerprint density at radius 1 is 1.26 bits per heavy atom. The molecule has 1 nitrogen and oxygen atoms in total. The van der Waals surface area contributed by atoms with E-state index in [0.717, 1.165) is 12.2 Å². The van der Waals surface area contributed by atoms with E-state index in [0.29, 0.717) is 16.3 Å². The van der Waals surface area contributed by atoms with E-state index >= 15 is 0 Å². The standard InChI is InChI=1S/C17H23BrO/c1-12-10-14-11-13(6-7-15(14)19-12)16(18)17(2)8-4-3-5-9-17/h6-7,11-12,16H,3-5,8-10H2,1-2H3. The van der Waals surface area contributed by atoms with Gasteiger partial charge in [-0.1, -0.05) is 54.2 Å². The quantitative estimate of drug-likeness (QED) is 0.661. The molecule has 2 atom stereocenters. The lowest BCUT2D eigenvalue weighted by Gasteiger charge is -2.38. The van der Waals surface area contributed by atoms with E-state index in [2.05, 4.69) is 48.0 Å². The summed E-state index contributed by atoms with van der Waals surface area (Å²) in [5, 5.41) is 0. The third-order valence-electron chi connectivity index (χ3n) is 4.82. The van der Waals surface area contributed by atoms with Crippen LogP contribution in [0, 0.1) is 5.41 Å². The molecule has 2 heteroatoms. The number of benzene rings is 1. The molecule has 104 valence electrons. The fraction of sp³-hybridized carbons (Fsp3) is 0.647. The van der Waals surface area contributed by atoms with Crippen molar-refractivity contribution in [3.63, 3.8) is 0 Å². The molecule has 1 fully saturated rings. The molecule has 0 aromatic heterocycles. The second-order valence-electron chi connectivity index (χ2n) is 6.58. The minimum atomic E-state index is 0.337. The molecule has 1 aliphatic heterocycles. The molecule has 0 spiro atoms. The molecule has 1 heterocycles. The number of ether oxygens (including phenoxy) is 1. The number of fused-ring (bicyclic) bond motifs is 1. The molecule has 0 amide bonds. The van der Waals surface area contributed by atoms with Crippen LogP contribution in [0.1, 0.15) is 61.9 Å². The predicted octanol–water partition coefficient (Wildman–Crippen LogP) is 5.42. The molecule has 0 saturated heterocycles. The first-order chi connectivity index (χ1) is 9.08. The number of hydrogen-bond acceptors (Lipinski definition) is 1. The smallest absolute Gasteiger partial charge is 0.123 e. The van der Waals surface area contributed by atoms with Crippen LogP contribution in [0.4, 0.5) is 0 Å². The summed E-state index contributed by atoms with van der Waals surface area (Å²) < 4.78 is 5.80. The Morgan fingerprint density at radius 2 is 2.00 bits per heavy atom. The van der Waals surface area contributed by atoms with Crippen molar-refractivity contribution in [2.45, 2.75) is 63.3 Å². The lowest BCUT2D eigenvalue weighted by Crippen LogP contribution is -2.25. The molecule has 19 heavy (non-hydrogen) atoms. The minimum Gasteiger partial charge on any atom is -0.490 e. The molecule has 1 saturated carbocycles. The van der Waals surface area contributed by atoms with Gasteiger partial charge < -0.3 is 4.74 Å². The van der Waals surface area contributed by atoms with Gasteiger partial charge in [-0.25, -0.2) is 0 Å². The van der Waals surface area contributed by atoms with Gasteiger partial charge in [0.15, 0.2) is 0 Å². The number of alkyl halides is 1. The maximum Gasteiger partial charge on any atom is 0.123 e. The lowest BCUT2D eigenvalue weighted by atomic mass is 9.72. The average molecular weight is 323 g/mol. The van der Waals surface area contributed by atoms with E-state index < -0.39 is 0 Å². The van der Waals surface area contributed by atoms with Crippen molar-refractivity contribution in [3.8, 4) is 5.75 Å². The first kappa shape index (κ1) is 13.5. The molecule has 3 rings (SSSR count). The summed E-state index contributed by atoms with van der Waals surface area (Å²) in [4.78, 5) is 0.474. The van der Waals surface area contributed by atoms with E-state index in [1.54, 1.807) is 0 Å².